The summed E-state index contributed by atoms with van der Waals surface area (Å²) in [4.78, 5) is 8.08. The van der Waals surface area contributed by atoms with E-state index in [0.717, 1.165) is 23.4 Å². The van der Waals surface area contributed by atoms with E-state index in [4.69, 9.17) is 4.74 Å². The predicted octanol–water partition coefficient (Wildman–Crippen LogP) is 3.29. The predicted molar refractivity (Wildman–Crippen MR) is 74.2 cm³/mol. The molecule has 0 aliphatic carbocycles. The minimum absolute atomic E-state index is 0.110. The number of hydrogen-bond acceptors (Lipinski definition) is 2. The van der Waals surface area contributed by atoms with Crippen molar-refractivity contribution in [3.63, 3.8) is 0 Å². The molecule has 1 aliphatic rings. The Morgan fingerprint density at radius 2 is 2.22 bits per heavy atom. The molecular formula is C15H18N2O. The van der Waals surface area contributed by atoms with Crippen LogP contribution in [0.25, 0.3) is 10.9 Å². The van der Waals surface area contributed by atoms with Crippen molar-refractivity contribution in [1.82, 2.24) is 4.98 Å². The lowest BCUT2D eigenvalue weighted by Gasteiger charge is -2.07. The molecule has 0 radical (unpaired) electrons. The number of hydrogen-bond donors (Lipinski definition) is 1. The molecule has 0 atom stereocenters. The molecule has 0 bridgehead atoms. The number of rotatable bonds is 2. The van der Waals surface area contributed by atoms with Gasteiger partial charge in [-0.15, -0.1) is 0 Å². The van der Waals surface area contributed by atoms with Crippen LogP contribution in [0.5, 0.6) is 0 Å². The van der Waals surface area contributed by atoms with Crippen LogP contribution in [0.2, 0.25) is 0 Å². The molecule has 0 amide bonds. The van der Waals surface area contributed by atoms with E-state index < -0.39 is 0 Å². The van der Waals surface area contributed by atoms with Gasteiger partial charge >= 0.3 is 0 Å². The van der Waals surface area contributed by atoms with E-state index in [9.17, 15) is 0 Å². The molecule has 1 N–H and O–H groups in total. The van der Waals surface area contributed by atoms with Gasteiger partial charge in [-0.2, -0.15) is 0 Å². The Labute approximate surface area is 107 Å². The van der Waals surface area contributed by atoms with Crippen molar-refractivity contribution in [2.75, 3.05) is 6.61 Å². The number of fused-ring (bicyclic) bond motifs is 1. The molecule has 2 heterocycles. The molecule has 1 aromatic heterocycles. The van der Waals surface area contributed by atoms with Crippen LogP contribution >= 0.6 is 0 Å². The van der Waals surface area contributed by atoms with Gasteiger partial charge in [0.25, 0.3) is 0 Å². The highest BCUT2D eigenvalue weighted by Gasteiger charge is 2.27. The molecule has 0 unspecified atom stereocenters. The summed E-state index contributed by atoms with van der Waals surface area (Å²) in [6.07, 6.45) is 1.01. The van der Waals surface area contributed by atoms with Crippen molar-refractivity contribution in [2.45, 2.75) is 32.7 Å². The van der Waals surface area contributed by atoms with Crippen molar-refractivity contribution >= 4 is 16.8 Å². The molecule has 0 spiro atoms. The maximum absolute atomic E-state index is 5.74. The number of aromatic amines is 1. The number of aliphatic imine (C=N–C) groups is 1. The van der Waals surface area contributed by atoms with Crippen LogP contribution in [-0.4, -0.2) is 23.0 Å². The van der Waals surface area contributed by atoms with E-state index in [1.807, 2.05) is 6.07 Å². The topological polar surface area (TPSA) is 37.4 Å². The Morgan fingerprint density at radius 1 is 1.39 bits per heavy atom. The number of H-pyrrole nitrogens is 1. The summed E-state index contributed by atoms with van der Waals surface area (Å²) in [6, 6.07) is 8.42. The van der Waals surface area contributed by atoms with Crippen molar-refractivity contribution in [2.24, 2.45) is 4.99 Å². The van der Waals surface area contributed by atoms with Gasteiger partial charge in [0.05, 0.1) is 5.54 Å². The van der Waals surface area contributed by atoms with Crippen molar-refractivity contribution in [3.05, 3.63) is 35.5 Å². The van der Waals surface area contributed by atoms with Crippen LogP contribution < -0.4 is 0 Å². The standard InChI is InChI=1S/C15H18N2O/c1-4-10-8-12-11(6-5-7-13(12)16-10)14-17-15(2,3)9-18-14/h5-8,16H,4,9H2,1-3H3. The summed E-state index contributed by atoms with van der Waals surface area (Å²) >= 11 is 0. The SMILES string of the molecule is CCc1cc2c(C3=NC(C)(C)CO3)cccc2[nH]1. The van der Waals surface area contributed by atoms with Gasteiger partial charge in [0.15, 0.2) is 0 Å². The molecule has 0 saturated heterocycles. The van der Waals surface area contributed by atoms with Gasteiger partial charge < -0.3 is 9.72 Å². The van der Waals surface area contributed by atoms with Gasteiger partial charge in [-0.25, -0.2) is 4.99 Å². The second kappa shape index (κ2) is 3.87. The molecule has 94 valence electrons. The fourth-order valence-corrected chi connectivity index (χ4v) is 2.31. The quantitative estimate of drug-likeness (QED) is 0.862. The van der Waals surface area contributed by atoms with Crippen LogP contribution in [0.1, 0.15) is 32.0 Å². The smallest absolute Gasteiger partial charge is 0.217 e. The third-order valence-electron chi connectivity index (χ3n) is 3.30. The summed E-state index contributed by atoms with van der Waals surface area (Å²) in [6.45, 7) is 6.99. The highest BCUT2D eigenvalue weighted by Crippen LogP contribution is 2.26. The average Bonchev–Trinajstić information content (AvgIpc) is 2.91. The van der Waals surface area contributed by atoms with Gasteiger partial charge in [0, 0.05) is 22.2 Å². The third-order valence-corrected chi connectivity index (χ3v) is 3.30. The molecule has 0 saturated carbocycles. The first kappa shape index (κ1) is 11.3. The van der Waals surface area contributed by atoms with Gasteiger partial charge in [-0.3, -0.25) is 0 Å². The monoisotopic (exact) mass is 242 g/mol. The van der Waals surface area contributed by atoms with E-state index in [1.54, 1.807) is 0 Å². The van der Waals surface area contributed by atoms with E-state index >= 15 is 0 Å². The van der Waals surface area contributed by atoms with Crippen molar-refractivity contribution in [1.29, 1.82) is 0 Å². The Balaban J connectivity index is 2.15. The van der Waals surface area contributed by atoms with Crippen LogP contribution in [0, 0.1) is 0 Å². The van der Waals surface area contributed by atoms with E-state index in [-0.39, 0.29) is 5.54 Å². The minimum Gasteiger partial charge on any atom is -0.475 e. The van der Waals surface area contributed by atoms with Gasteiger partial charge in [-0.1, -0.05) is 13.0 Å². The number of benzene rings is 1. The molecule has 1 aromatic carbocycles. The lowest BCUT2D eigenvalue weighted by atomic mass is 10.1. The molecule has 3 rings (SSSR count). The van der Waals surface area contributed by atoms with Crippen molar-refractivity contribution < 1.29 is 4.74 Å². The molecule has 18 heavy (non-hydrogen) atoms. The number of nitrogens with one attached hydrogen (secondary N) is 1. The van der Waals surface area contributed by atoms with E-state index in [1.165, 1.54) is 11.1 Å². The lowest BCUT2D eigenvalue weighted by molar-refractivity contribution is 0.279. The van der Waals surface area contributed by atoms with Gasteiger partial charge in [0.2, 0.25) is 5.90 Å². The van der Waals surface area contributed by atoms with Crippen LogP contribution in [-0.2, 0) is 11.2 Å². The minimum atomic E-state index is -0.110. The van der Waals surface area contributed by atoms with Crippen LogP contribution in [0.15, 0.2) is 29.3 Å². The number of aromatic nitrogens is 1. The van der Waals surface area contributed by atoms with Crippen LogP contribution in [0.3, 0.4) is 0 Å². The highest BCUT2D eigenvalue weighted by molar-refractivity contribution is 6.07. The molecule has 3 nitrogen and oxygen atoms in total. The lowest BCUT2D eigenvalue weighted by Crippen LogP contribution is -2.17. The van der Waals surface area contributed by atoms with Crippen LogP contribution in [0.4, 0.5) is 0 Å². The maximum Gasteiger partial charge on any atom is 0.217 e. The summed E-state index contributed by atoms with van der Waals surface area (Å²) in [5.41, 5.74) is 3.38. The Kier molecular flexibility index (Phi) is 2.44. The first-order valence-corrected chi connectivity index (χ1v) is 6.43. The van der Waals surface area contributed by atoms with Gasteiger partial charge in [0.1, 0.15) is 6.61 Å². The number of nitrogens with zero attached hydrogens (tertiary/aromatic N) is 1. The van der Waals surface area contributed by atoms with E-state index in [2.05, 4.69) is 48.9 Å². The first-order chi connectivity index (χ1) is 8.59. The highest BCUT2D eigenvalue weighted by atomic mass is 16.5. The Hall–Kier alpha value is -1.77. The molecule has 0 fully saturated rings. The molecular weight excluding hydrogens is 224 g/mol. The zero-order valence-electron chi connectivity index (χ0n) is 11.1. The van der Waals surface area contributed by atoms with Gasteiger partial charge in [-0.05, 0) is 38.5 Å². The maximum atomic E-state index is 5.74. The third kappa shape index (κ3) is 1.80. The average molecular weight is 242 g/mol. The molecule has 3 heteroatoms. The summed E-state index contributed by atoms with van der Waals surface area (Å²) in [5, 5.41) is 1.20. The molecule has 1 aliphatic heterocycles. The summed E-state index contributed by atoms with van der Waals surface area (Å²) in [7, 11) is 0. The second-order valence-electron chi connectivity index (χ2n) is 5.43. The van der Waals surface area contributed by atoms with E-state index in [0.29, 0.717) is 6.61 Å². The number of ether oxygens (including phenoxy) is 1. The van der Waals surface area contributed by atoms with Crippen molar-refractivity contribution in [3.8, 4) is 0 Å². The number of aryl methyl sites for hydroxylation is 1. The summed E-state index contributed by atoms with van der Waals surface area (Å²) < 4.78 is 5.74. The zero-order chi connectivity index (χ0) is 12.8. The first-order valence-electron chi connectivity index (χ1n) is 6.43. The fourth-order valence-electron chi connectivity index (χ4n) is 2.31. The normalized spacial score (nSPS) is 17.8. The zero-order valence-corrected chi connectivity index (χ0v) is 11.1. The molecule has 2 aromatic rings. The Morgan fingerprint density at radius 3 is 2.89 bits per heavy atom. The summed E-state index contributed by atoms with van der Waals surface area (Å²) in [5.74, 6) is 0.771. The second-order valence-corrected chi connectivity index (χ2v) is 5.43. The largest absolute Gasteiger partial charge is 0.475 e. The Bertz CT molecular complexity index is 622. The fraction of sp³-hybridized carbons (Fsp3) is 0.400.